The second-order valence-corrected chi connectivity index (χ2v) is 6.84. The summed E-state index contributed by atoms with van der Waals surface area (Å²) in [5, 5.41) is 34.5. The van der Waals surface area contributed by atoms with E-state index in [2.05, 4.69) is 16.0 Å². The Hall–Kier alpha value is -3.71. The molecule has 0 aliphatic rings. The van der Waals surface area contributed by atoms with Gasteiger partial charge in [-0.3, -0.25) is 19.2 Å². The first-order valence-electron chi connectivity index (χ1n) is 9.57. The van der Waals surface area contributed by atoms with E-state index in [1.165, 1.54) is 24.3 Å². The maximum Gasteiger partial charge on any atom is 0.328 e. The van der Waals surface area contributed by atoms with E-state index in [9.17, 15) is 29.1 Å². The molecule has 4 amide bonds. The Labute approximate surface area is 183 Å². The van der Waals surface area contributed by atoms with Gasteiger partial charge < -0.3 is 42.7 Å². The number of carboxylic acids is 1. The SMILES string of the molecule is NCC(=O)NC(CCC(N)=O)C(=O)NC(Cc1ccc(O)cc1)C(=O)NC(CO)C(=O)O. The number of aliphatic hydroxyl groups is 1. The monoisotopic (exact) mass is 453 g/mol. The van der Waals surface area contributed by atoms with Crippen molar-refractivity contribution in [3.63, 3.8) is 0 Å². The Bertz CT molecular complexity index is 830. The van der Waals surface area contributed by atoms with E-state index in [1.54, 1.807) is 0 Å². The van der Waals surface area contributed by atoms with E-state index in [1.807, 2.05) is 0 Å². The quantitative estimate of drug-likeness (QED) is 0.149. The standard InChI is InChI=1S/C19H27N5O8/c20-8-16(28)22-12(5-6-15(21)27)17(29)23-13(7-10-1-3-11(26)4-2-10)18(30)24-14(9-25)19(31)32/h1-4,12-14,25-26H,5-9,20H2,(H2,21,27)(H,22,28)(H,23,29)(H,24,30)(H,31,32). The van der Waals surface area contributed by atoms with Crippen LogP contribution in [0.15, 0.2) is 24.3 Å². The lowest BCUT2D eigenvalue weighted by Crippen LogP contribution is -2.57. The third kappa shape index (κ3) is 8.97. The zero-order chi connectivity index (χ0) is 24.3. The molecule has 0 aliphatic heterocycles. The number of aromatic hydroxyl groups is 1. The minimum atomic E-state index is -1.61. The number of nitrogens with one attached hydrogen (secondary N) is 3. The number of phenolic OH excluding ortho intramolecular Hbond substituents is 1. The number of rotatable bonds is 13. The fourth-order valence-corrected chi connectivity index (χ4v) is 2.62. The van der Waals surface area contributed by atoms with Crippen molar-refractivity contribution in [2.24, 2.45) is 11.5 Å². The van der Waals surface area contributed by atoms with Gasteiger partial charge in [0.25, 0.3) is 0 Å². The molecular weight excluding hydrogens is 426 g/mol. The number of carboxylic acid groups (broad SMARTS) is 1. The summed E-state index contributed by atoms with van der Waals surface area (Å²) in [5.41, 5.74) is 10.8. The Morgan fingerprint density at radius 2 is 1.47 bits per heavy atom. The second-order valence-electron chi connectivity index (χ2n) is 6.84. The number of aliphatic hydroxyl groups excluding tert-OH is 1. The molecule has 13 nitrogen and oxygen atoms in total. The normalized spacial score (nSPS) is 13.3. The fraction of sp³-hybridized carbons (Fsp3) is 0.421. The van der Waals surface area contributed by atoms with E-state index < -0.39 is 60.9 Å². The minimum Gasteiger partial charge on any atom is -0.508 e. The molecule has 10 N–H and O–H groups in total. The number of primary amides is 1. The van der Waals surface area contributed by atoms with Crippen molar-refractivity contribution in [3.05, 3.63) is 29.8 Å². The molecule has 0 saturated heterocycles. The van der Waals surface area contributed by atoms with E-state index in [-0.39, 0.29) is 25.0 Å². The van der Waals surface area contributed by atoms with Crippen LogP contribution in [0, 0.1) is 0 Å². The van der Waals surface area contributed by atoms with Gasteiger partial charge in [-0.1, -0.05) is 12.1 Å². The number of hydrogen-bond donors (Lipinski definition) is 8. The molecule has 0 fully saturated rings. The number of amides is 4. The zero-order valence-electron chi connectivity index (χ0n) is 17.1. The molecule has 176 valence electrons. The summed E-state index contributed by atoms with van der Waals surface area (Å²) in [6, 6.07) is 1.54. The Morgan fingerprint density at radius 1 is 0.906 bits per heavy atom. The molecule has 1 aromatic rings. The minimum absolute atomic E-state index is 0.0268. The number of benzene rings is 1. The van der Waals surface area contributed by atoms with Gasteiger partial charge in [-0.25, -0.2) is 4.79 Å². The average molecular weight is 453 g/mol. The lowest BCUT2D eigenvalue weighted by atomic mass is 10.0. The molecule has 0 heterocycles. The van der Waals surface area contributed by atoms with Crippen LogP contribution in [0.3, 0.4) is 0 Å². The van der Waals surface area contributed by atoms with Crippen LogP contribution >= 0.6 is 0 Å². The highest BCUT2D eigenvalue weighted by atomic mass is 16.4. The molecule has 1 aromatic carbocycles. The molecule has 1 rings (SSSR count). The molecule has 32 heavy (non-hydrogen) atoms. The number of hydrogen-bond acceptors (Lipinski definition) is 8. The van der Waals surface area contributed by atoms with Crippen LogP contribution < -0.4 is 27.4 Å². The first kappa shape index (κ1) is 26.3. The van der Waals surface area contributed by atoms with Crippen LogP contribution in [0.4, 0.5) is 0 Å². The smallest absolute Gasteiger partial charge is 0.328 e. The zero-order valence-corrected chi connectivity index (χ0v) is 17.1. The van der Waals surface area contributed by atoms with E-state index in [0.717, 1.165) is 0 Å². The number of phenols is 1. The van der Waals surface area contributed by atoms with Crippen molar-refractivity contribution in [2.75, 3.05) is 13.2 Å². The first-order chi connectivity index (χ1) is 15.1. The van der Waals surface area contributed by atoms with Crippen LogP contribution in [0.1, 0.15) is 18.4 Å². The average Bonchev–Trinajstić information content (AvgIpc) is 2.74. The molecule has 3 atom stereocenters. The summed E-state index contributed by atoms with van der Waals surface area (Å²) >= 11 is 0. The van der Waals surface area contributed by atoms with E-state index in [4.69, 9.17) is 21.7 Å². The van der Waals surface area contributed by atoms with E-state index in [0.29, 0.717) is 5.56 Å². The summed E-state index contributed by atoms with van der Waals surface area (Å²) in [6.45, 7) is -1.30. The topological polar surface area (TPSA) is 234 Å². The fourth-order valence-electron chi connectivity index (χ4n) is 2.62. The van der Waals surface area contributed by atoms with Crippen LogP contribution in [-0.2, 0) is 30.4 Å². The van der Waals surface area contributed by atoms with Gasteiger partial charge in [0.15, 0.2) is 0 Å². The maximum atomic E-state index is 12.8. The molecule has 0 aliphatic carbocycles. The second kappa shape index (κ2) is 12.9. The van der Waals surface area contributed by atoms with Crippen molar-refractivity contribution in [2.45, 2.75) is 37.4 Å². The van der Waals surface area contributed by atoms with Gasteiger partial charge in [0, 0.05) is 12.8 Å². The highest BCUT2D eigenvalue weighted by molar-refractivity contribution is 5.94. The predicted molar refractivity (Wildman–Crippen MR) is 110 cm³/mol. The van der Waals surface area contributed by atoms with Crippen molar-refractivity contribution in [1.82, 2.24) is 16.0 Å². The largest absolute Gasteiger partial charge is 0.508 e. The lowest BCUT2D eigenvalue weighted by Gasteiger charge is -2.24. The van der Waals surface area contributed by atoms with Gasteiger partial charge in [-0.05, 0) is 24.1 Å². The Kier molecular flexibility index (Phi) is 10.6. The Balaban J connectivity index is 3.08. The molecule has 13 heteroatoms. The van der Waals surface area contributed by atoms with Crippen molar-refractivity contribution >= 4 is 29.6 Å². The van der Waals surface area contributed by atoms with Gasteiger partial charge in [-0.2, -0.15) is 0 Å². The van der Waals surface area contributed by atoms with Crippen LogP contribution in [-0.4, -0.2) is 76.2 Å². The van der Waals surface area contributed by atoms with Crippen LogP contribution in [0.2, 0.25) is 0 Å². The van der Waals surface area contributed by atoms with Gasteiger partial charge in [0.1, 0.15) is 23.9 Å². The highest BCUT2D eigenvalue weighted by Gasteiger charge is 2.29. The van der Waals surface area contributed by atoms with Gasteiger partial charge in [0.2, 0.25) is 23.6 Å². The number of carbonyl (C=O) groups is 5. The Morgan fingerprint density at radius 3 is 1.97 bits per heavy atom. The van der Waals surface area contributed by atoms with Crippen LogP contribution in [0.25, 0.3) is 0 Å². The molecule has 0 saturated carbocycles. The van der Waals surface area contributed by atoms with Gasteiger partial charge in [-0.15, -0.1) is 0 Å². The summed E-state index contributed by atoms with van der Waals surface area (Å²) < 4.78 is 0. The summed E-state index contributed by atoms with van der Waals surface area (Å²) in [6.07, 6.45) is -0.499. The number of nitrogens with two attached hydrogens (primary N) is 2. The maximum absolute atomic E-state index is 12.8. The van der Waals surface area contributed by atoms with Crippen molar-refractivity contribution in [3.8, 4) is 5.75 Å². The highest BCUT2D eigenvalue weighted by Crippen LogP contribution is 2.12. The molecule has 0 aromatic heterocycles. The molecule has 0 bridgehead atoms. The third-order valence-corrected chi connectivity index (χ3v) is 4.32. The summed E-state index contributed by atoms with van der Waals surface area (Å²) in [4.78, 5) is 59.3. The molecule has 0 spiro atoms. The van der Waals surface area contributed by atoms with Gasteiger partial charge >= 0.3 is 5.97 Å². The molecular formula is C19H27N5O8. The summed E-state index contributed by atoms with van der Waals surface area (Å²) in [5.74, 6) is -4.64. The summed E-state index contributed by atoms with van der Waals surface area (Å²) in [7, 11) is 0. The van der Waals surface area contributed by atoms with E-state index >= 15 is 0 Å². The van der Waals surface area contributed by atoms with Gasteiger partial charge in [0.05, 0.1) is 13.2 Å². The molecule has 0 radical (unpaired) electrons. The van der Waals surface area contributed by atoms with Crippen molar-refractivity contribution in [1.29, 1.82) is 0 Å². The number of carbonyl (C=O) groups excluding carboxylic acids is 4. The third-order valence-electron chi connectivity index (χ3n) is 4.32. The first-order valence-corrected chi connectivity index (χ1v) is 9.57. The van der Waals surface area contributed by atoms with Crippen molar-refractivity contribution < 1.29 is 39.3 Å². The lowest BCUT2D eigenvalue weighted by molar-refractivity contribution is -0.143. The number of aliphatic carboxylic acids is 1. The van der Waals surface area contributed by atoms with Crippen LogP contribution in [0.5, 0.6) is 5.75 Å². The predicted octanol–water partition coefficient (Wildman–Crippen LogP) is -3.31. The molecule has 3 unspecified atom stereocenters.